The van der Waals surface area contributed by atoms with Crippen molar-refractivity contribution < 1.29 is 17.7 Å². The molecule has 0 spiro atoms. The minimum atomic E-state index is -3.72. The molecule has 166 valence electrons. The number of likely N-dealkylation sites (tertiary alicyclic amines) is 1. The van der Waals surface area contributed by atoms with E-state index in [2.05, 4.69) is 10.1 Å². The molecule has 9 heteroatoms. The summed E-state index contributed by atoms with van der Waals surface area (Å²) < 4.78 is 33.7. The molecule has 0 saturated carbocycles. The Kier molecular flexibility index (Phi) is 5.30. The third kappa shape index (κ3) is 3.71. The molecule has 0 radical (unpaired) electrons. The Balaban J connectivity index is 1.44. The highest BCUT2D eigenvalue weighted by molar-refractivity contribution is 7.89. The van der Waals surface area contributed by atoms with Gasteiger partial charge in [0.05, 0.1) is 4.90 Å². The predicted molar refractivity (Wildman–Crippen MR) is 117 cm³/mol. The first-order chi connectivity index (χ1) is 15.4. The summed E-state index contributed by atoms with van der Waals surface area (Å²) in [6.07, 6.45) is 2.61. The molecular weight excluding hydrogens is 428 g/mol. The summed E-state index contributed by atoms with van der Waals surface area (Å²) in [7, 11) is -3.72. The summed E-state index contributed by atoms with van der Waals surface area (Å²) in [4.78, 5) is 18.7. The van der Waals surface area contributed by atoms with Gasteiger partial charge >= 0.3 is 11.8 Å². The molecule has 3 aromatic rings. The van der Waals surface area contributed by atoms with Crippen molar-refractivity contribution in [2.24, 2.45) is 0 Å². The van der Waals surface area contributed by atoms with Crippen molar-refractivity contribution in [3.05, 3.63) is 65.0 Å². The van der Waals surface area contributed by atoms with E-state index < -0.39 is 10.0 Å². The van der Waals surface area contributed by atoms with Crippen LogP contribution < -0.4 is 0 Å². The lowest BCUT2D eigenvalue weighted by atomic mass is 10.0. The van der Waals surface area contributed by atoms with Gasteiger partial charge in [-0.15, -0.1) is 0 Å². The van der Waals surface area contributed by atoms with Crippen molar-refractivity contribution in [1.29, 1.82) is 0 Å². The molecule has 3 heterocycles. The van der Waals surface area contributed by atoms with Crippen LogP contribution in [0.15, 0.2) is 51.9 Å². The second-order valence-corrected chi connectivity index (χ2v) is 10.2. The van der Waals surface area contributed by atoms with Crippen LogP contribution >= 0.6 is 0 Å². The van der Waals surface area contributed by atoms with E-state index >= 15 is 0 Å². The highest BCUT2D eigenvalue weighted by Gasteiger charge is 2.30. The minimum absolute atomic E-state index is 0.0699. The van der Waals surface area contributed by atoms with Gasteiger partial charge in [0.15, 0.2) is 0 Å². The molecule has 2 aliphatic rings. The Hall–Kier alpha value is -3.04. The van der Waals surface area contributed by atoms with E-state index in [1.54, 1.807) is 30.0 Å². The second kappa shape index (κ2) is 8.14. The Labute approximate surface area is 186 Å². The maximum atomic E-state index is 13.5. The van der Waals surface area contributed by atoms with Gasteiger partial charge in [0, 0.05) is 31.7 Å². The number of benzene rings is 2. The average Bonchev–Trinajstić information content (AvgIpc) is 3.51. The average molecular weight is 453 g/mol. The number of hydrogen-bond acceptors (Lipinski definition) is 6. The fourth-order valence-electron chi connectivity index (χ4n) is 4.31. The molecule has 1 saturated heterocycles. The van der Waals surface area contributed by atoms with Gasteiger partial charge in [0.25, 0.3) is 0 Å². The smallest absolute Gasteiger partial charge is 0.316 e. The molecule has 0 N–H and O–H groups in total. The van der Waals surface area contributed by atoms with Crippen LogP contribution in [-0.4, -0.2) is 53.3 Å². The number of aryl methyl sites for hydroxylation is 1. The highest BCUT2D eigenvalue weighted by Crippen LogP contribution is 2.29. The SMILES string of the molecule is Cc1ccc(-c2noc(C(=O)N3CCCC3)n2)cc1S(=O)(=O)N1CCc2ccccc2C1. The third-order valence-electron chi connectivity index (χ3n) is 6.16. The summed E-state index contributed by atoms with van der Waals surface area (Å²) in [5.41, 5.74) is 3.35. The van der Waals surface area contributed by atoms with Gasteiger partial charge in [0.1, 0.15) is 0 Å². The van der Waals surface area contributed by atoms with Crippen molar-refractivity contribution in [3.8, 4) is 11.4 Å². The van der Waals surface area contributed by atoms with Crippen LogP contribution in [0.1, 0.15) is 40.2 Å². The van der Waals surface area contributed by atoms with Crippen LogP contribution in [-0.2, 0) is 23.0 Å². The third-order valence-corrected chi connectivity index (χ3v) is 8.15. The van der Waals surface area contributed by atoms with Gasteiger partial charge in [-0.05, 0) is 48.9 Å². The maximum Gasteiger partial charge on any atom is 0.316 e. The molecule has 0 bridgehead atoms. The van der Waals surface area contributed by atoms with E-state index in [-0.39, 0.29) is 22.5 Å². The maximum absolute atomic E-state index is 13.5. The molecule has 5 rings (SSSR count). The Bertz CT molecular complexity index is 1280. The molecule has 1 fully saturated rings. The zero-order valence-corrected chi connectivity index (χ0v) is 18.6. The summed E-state index contributed by atoms with van der Waals surface area (Å²) in [5.74, 6) is -0.152. The van der Waals surface area contributed by atoms with Crippen LogP contribution in [0.25, 0.3) is 11.4 Å². The standard InChI is InChI=1S/C23H24N4O4S/c1-16-8-9-18(21-24-22(31-25-21)23(28)26-11-4-5-12-26)14-20(16)32(29,30)27-13-10-17-6-2-3-7-19(17)15-27/h2-3,6-9,14H,4-5,10-13,15H2,1H3. The van der Waals surface area contributed by atoms with E-state index in [1.165, 1.54) is 9.87 Å². The quantitative estimate of drug-likeness (QED) is 0.604. The first-order valence-electron chi connectivity index (χ1n) is 10.7. The van der Waals surface area contributed by atoms with Crippen molar-refractivity contribution in [2.75, 3.05) is 19.6 Å². The van der Waals surface area contributed by atoms with Crippen molar-refractivity contribution in [3.63, 3.8) is 0 Å². The molecular formula is C23H24N4O4S. The molecule has 32 heavy (non-hydrogen) atoms. The van der Waals surface area contributed by atoms with Gasteiger partial charge in [0.2, 0.25) is 15.8 Å². The number of carbonyl (C=O) groups excluding carboxylic acids is 1. The highest BCUT2D eigenvalue weighted by atomic mass is 32.2. The first kappa shape index (κ1) is 20.8. The summed E-state index contributed by atoms with van der Waals surface area (Å²) in [6, 6.07) is 13.0. The van der Waals surface area contributed by atoms with Gasteiger partial charge in [-0.3, -0.25) is 4.79 Å². The van der Waals surface area contributed by atoms with Crippen LogP contribution in [0.4, 0.5) is 0 Å². The summed E-state index contributed by atoms with van der Waals surface area (Å²) in [6.45, 7) is 3.91. The topological polar surface area (TPSA) is 96.6 Å². The molecule has 1 aromatic heterocycles. The molecule has 1 amide bonds. The zero-order valence-electron chi connectivity index (χ0n) is 17.8. The fourth-order valence-corrected chi connectivity index (χ4v) is 5.98. The molecule has 2 aliphatic heterocycles. The van der Waals surface area contributed by atoms with E-state index in [9.17, 15) is 13.2 Å². The number of amides is 1. The van der Waals surface area contributed by atoms with E-state index in [1.807, 2.05) is 24.3 Å². The second-order valence-electron chi connectivity index (χ2n) is 8.26. The molecule has 2 aromatic carbocycles. The van der Waals surface area contributed by atoms with Gasteiger partial charge < -0.3 is 9.42 Å². The normalized spacial score (nSPS) is 16.8. The number of nitrogens with zero attached hydrogens (tertiary/aromatic N) is 4. The van der Waals surface area contributed by atoms with Gasteiger partial charge in [-0.1, -0.05) is 41.6 Å². The van der Waals surface area contributed by atoms with Crippen molar-refractivity contribution in [2.45, 2.75) is 37.6 Å². The molecule has 0 unspecified atom stereocenters. The van der Waals surface area contributed by atoms with Crippen LogP contribution in [0.2, 0.25) is 0 Å². The molecule has 0 atom stereocenters. The largest absolute Gasteiger partial charge is 0.334 e. The monoisotopic (exact) mass is 452 g/mol. The lowest BCUT2D eigenvalue weighted by Gasteiger charge is -2.28. The van der Waals surface area contributed by atoms with E-state index in [4.69, 9.17) is 4.52 Å². The number of rotatable bonds is 4. The molecule has 0 aliphatic carbocycles. The number of sulfonamides is 1. The van der Waals surface area contributed by atoms with Crippen LogP contribution in [0.3, 0.4) is 0 Å². The zero-order chi connectivity index (χ0) is 22.3. The predicted octanol–water partition coefficient (Wildman–Crippen LogP) is 3.03. The van der Waals surface area contributed by atoms with Crippen LogP contribution in [0.5, 0.6) is 0 Å². The Morgan fingerprint density at radius 3 is 2.56 bits per heavy atom. The van der Waals surface area contributed by atoms with Gasteiger partial charge in [-0.2, -0.15) is 9.29 Å². The number of fused-ring (bicyclic) bond motifs is 1. The van der Waals surface area contributed by atoms with Crippen LogP contribution in [0, 0.1) is 6.92 Å². The lowest BCUT2D eigenvalue weighted by Crippen LogP contribution is -2.36. The number of aromatic nitrogens is 2. The summed E-state index contributed by atoms with van der Waals surface area (Å²) in [5, 5.41) is 3.93. The van der Waals surface area contributed by atoms with Crippen molar-refractivity contribution >= 4 is 15.9 Å². The van der Waals surface area contributed by atoms with Crippen molar-refractivity contribution in [1.82, 2.24) is 19.3 Å². The Morgan fingerprint density at radius 1 is 1.03 bits per heavy atom. The summed E-state index contributed by atoms with van der Waals surface area (Å²) >= 11 is 0. The van der Waals surface area contributed by atoms with E-state index in [0.717, 1.165) is 18.4 Å². The Morgan fingerprint density at radius 2 is 1.78 bits per heavy atom. The number of hydrogen-bond donors (Lipinski definition) is 0. The molecule has 8 nitrogen and oxygen atoms in total. The minimum Gasteiger partial charge on any atom is -0.334 e. The fraction of sp³-hybridized carbons (Fsp3) is 0.348. The number of carbonyl (C=O) groups is 1. The van der Waals surface area contributed by atoms with E-state index in [0.29, 0.717) is 43.7 Å². The van der Waals surface area contributed by atoms with Gasteiger partial charge in [-0.25, -0.2) is 8.42 Å². The first-order valence-corrected chi connectivity index (χ1v) is 12.2. The lowest BCUT2D eigenvalue weighted by molar-refractivity contribution is 0.0743.